The topological polar surface area (TPSA) is 0 Å². The first-order valence-corrected chi connectivity index (χ1v) is 14.2. The molecular weight excluding hydrogens is 442 g/mol. The average molecular weight is 476 g/mol. The summed E-state index contributed by atoms with van der Waals surface area (Å²) in [6.07, 6.45) is 16.0. The van der Waals surface area contributed by atoms with E-state index < -0.39 is 15.2 Å². The van der Waals surface area contributed by atoms with Crippen molar-refractivity contribution in [2.45, 2.75) is 81.9 Å². The molecule has 2 saturated carbocycles. The zero-order chi connectivity index (χ0) is 23.3. The van der Waals surface area contributed by atoms with Crippen LogP contribution in [0.4, 0.5) is 17.3 Å². The van der Waals surface area contributed by atoms with Gasteiger partial charge in [-0.05, 0) is 62.5 Å². The molecule has 0 aliphatic heterocycles. The molecule has 0 radical (unpaired) electrons. The minimum absolute atomic E-state index is 0.551. The minimum Gasteiger partial charge on any atom is -0.418 e. The van der Waals surface area contributed by atoms with Gasteiger partial charge >= 0.3 is 7.25 Å². The van der Waals surface area contributed by atoms with Crippen LogP contribution in [-0.2, 0) is 6.42 Å². The van der Waals surface area contributed by atoms with Crippen LogP contribution in [0, 0.1) is 0 Å². The van der Waals surface area contributed by atoms with Crippen molar-refractivity contribution in [1.29, 1.82) is 0 Å². The first kappa shape index (κ1) is 24.5. The van der Waals surface area contributed by atoms with E-state index in [9.17, 15) is 17.3 Å². The van der Waals surface area contributed by atoms with Crippen molar-refractivity contribution in [2.24, 2.45) is 0 Å². The summed E-state index contributed by atoms with van der Waals surface area (Å²) >= 11 is 0. The van der Waals surface area contributed by atoms with Gasteiger partial charge < -0.3 is 17.3 Å². The normalized spacial score (nSPS) is 19.9. The quantitative estimate of drug-likeness (QED) is 0.234. The van der Waals surface area contributed by atoms with Crippen LogP contribution >= 0.6 is 7.92 Å². The van der Waals surface area contributed by atoms with Gasteiger partial charge in [0.2, 0.25) is 0 Å². The Kier molecular flexibility index (Phi) is 8.33. The maximum Gasteiger partial charge on any atom is 0.673 e. The number of rotatable bonds is 4. The molecule has 0 aromatic heterocycles. The molecule has 2 fully saturated rings. The van der Waals surface area contributed by atoms with E-state index in [1.165, 1.54) is 69.8 Å². The smallest absolute Gasteiger partial charge is 0.418 e. The van der Waals surface area contributed by atoms with E-state index in [0.717, 1.165) is 17.7 Å². The van der Waals surface area contributed by atoms with Crippen molar-refractivity contribution in [3.8, 4) is 0 Å². The molecule has 0 nitrogen and oxygen atoms in total. The van der Waals surface area contributed by atoms with Crippen molar-refractivity contribution in [3.05, 3.63) is 71.3 Å². The summed E-state index contributed by atoms with van der Waals surface area (Å²) in [7, 11) is -6.55. The molecule has 0 spiro atoms. The second-order valence-electron chi connectivity index (χ2n) is 9.67. The Balaban J connectivity index is 0.000000471. The van der Waals surface area contributed by atoms with Crippen LogP contribution in [0.25, 0.3) is 10.9 Å². The summed E-state index contributed by atoms with van der Waals surface area (Å²) in [5.74, 6) is 0. The first-order valence-electron chi connectivity index (χ1n) is 12.5. The maximum atomic E-state index is 9.75. The van der Waals surface area contributed by atoms with E-state index in [1.807, 2.05) is 5.31 Å². The standard InChI is InChI=1S/C27H33P.BF4/c1-4-12-21(13-5-1)26-20-22-14-10-11-19-25(22)27(26)28(23-15-6-2-7-16-23)24-17-8-3-9-18-24;2-1(3,4)5/h1,4-5,10-14,19,23-24H,2-3,6-9,15-18,20H2;/q;-1/p+1. The zero-order valence-electron chi connectivity index (χ0n) is 19.2. The lowest BCUT2D eigenvalue weighted by atomic mass is 9.99. The SMILES string of the molecule is F[B-](F)(F)F.c1ccc(C2=C([PH+](C3CCCCC3)C3CCCCC3)c3ccccc3C2)cc1. The highest BCUT2D eigenvalue weighted by atomic mass is 31.1. The molecule has 3 aliphatic carbocycles. The summed E-state index contributed by atoms with van der Waals surface area (Å²) in [6.45, 7) is 0. The van der Waals surface area contributed by atoms with Crippen LogP contribution < -0.4 is 0 Å². The molecule has 0 atom stereocenters. The summed E-state index contributed by atoms with van der Waals surface area (Å²) in [5.41, 5.74) is 8.40. The van der Waals surface area contributed by atoms with E-state index >= 15 is 0 Å². The second-order valence-corrected chi connectivity index (χ2v) is 12.7. The van der Waals surface area contributed by atoms with E-state index in [4.69, 9.17) is 0 Å². The Hall–Kier alpha value is -1.61. The molecule has 0 unspecified atom stereocenters. The highest BCUT2D eigenvalue weighted by Crippen LogP contribution is 2.67. The summed E-state index contributed by atoms with van der Waals surface area (Å²) in [6, 6.07) is 20.7. The third-order valence-corrected chi connectivity index (χ3v) is 11.5. The first-order chi connectivity index (χ1) is 15.9. The molecule has 0 heterocycles. The molecule has 0 bridgehead atoms. The predicted molar refractivity (Wildman–Crippen MR) is 136 cm³/mol. The van der Waals surface area contributed by atoms with Crippen LogP contribution in [0.3, 0.4) is 0 Å². The molecule has 6 heteroatoms. The van der Waals surface area contributed by atoms with Gasteiger partial charge in [0, 0.05) is 25.5 Å². The van der Waals surface area contributed by atoms with Crippen LogP contribution in [-0.4, -0.2) is 18.6 Å². The maximum absolute atomic E-state index is 9.75. The molecular formula is C27H34BF4P. The summed E-state index contributed by atoms with van der Waals surface area (Å²) in [5, 5.41) is 1.85. The van der Waals surface area contributed by atoms with Gasteiger partial charge in [-0.15, -0.1) is 0 Å². The molecule has 178 valence electrons. The van der Waals surface area contributed by atoms with E-state index in [2.05, 4.69) is 54.6 Å². The van der Waals surface area contributed by atoms with Gasteiger partial charge in [0.1, 0.15) is 5.31 Å². The minimum atomic E-state index is -6.00. The number of benzene rings is 2. The van der Waals surface area contributed by atoms with Crippen LogP contribution in [0.2, 0.25) is 0 Å². The van der Waals surface area contributed by atoms with Crippen molar-refractivity contribution in [2.75, 3.05) is 0 Å². The van der Waals surface area contributed by atoms with E-state index in [1.54, 1.807) is 16.7 Å². The van der Waals surface area contributed by atoms with Crippen LogP contribution in [0.5, 0.6) is 0 Å². The van der Waals surface area contributed by atoms with Gasteiger partial charge in [-0.3, -0.25) is 0 Å². The number of fused-ring (bicyclic) bond motifs is 1. The third kappa shape index (κ3) is 6.50. The zero-order valence-corrected chi connectivity index (χ0v) is 20.2. The summed E-state index contributed by atoms with van der Waals surface area (Å²) in [4.78, 5) is 0. The lowest BCUT2D eigenvalue weighted by Gasteiger charge is -2.33. The molecule has 0 saturated heterocycles. The van der Waals surface area contributed by atoms with Gasteiger partial charge in [-0.2, -0.15) is 0 Å². The van der Waals surface area contributed by atoms with Crippen molar-refractivity contribution in [3.63, 3.8) is 0 Å². The Morgan fingerprint density at radius 2 is 1.12 bits per heavy atom. The van der Waals surface area contributed by atoms with Gasteiger partial charge in [-0.1, -0.05) is 67.4 Å². The van der Waals surface area contributed by atoms with Gasteiger partial charge in [0.25, 0.3) is 0 Å². The van der Waals surface area contributed by atoms with E-state index in [-0.39, 0.29) is 0 Å². The van der Waals surface area contributed by atoms with Gasteiger partial charge in [0.05, 0.1) is 11.3 Å². The van der Waals surface area contributed by atoms with Crippen molar-refractivity contribution < 1.29 is 17.3 Å². The Morgan fingerprint density at radius 3 is 1.67 bits per heavy atom. The fraction of sp³-hybridized carbons (Fsp3) is 0.481. The molecule has 2 aromatic carbocycles. The molecule has 5 rings (SSSR count). The van der Waals surface area contributed by atoms with Crippen molar-refractivity contribution in [1.82, 2.24) is 0 Å². The molecule has 2 aromatic rings. The van der Waals surface area contributed by atoms with Crippen molar-refractivity contribution >= 4 is 26.1 Å². The molecule has 0 amide bonds. The van der Waals surface area contributed by atoms with Crippen LogP contribution in [0.15, 0.2) is 54.6 Å². The fourth-order valence-corrected chi connectivity index (χ4v) is 10.8. The Morgan fingerprint density at radius 1 is 0.636 bits per heavy atom. The van der Waals surface area contributed by atoms with Gasteiger partial charge in [-0.25, -0.2) is 0 Å². The monoisotopic (exact) mass is 476 g/mol. The second kappa shape index (κ2) is 11.2. The van der Waals surface area contributed by atoms with Crippen LogP contribution in [0.1, 0.15) is 80.9 Å². The lowest BCUT2D eigenvalue weighted by Crippen LogP contribution is -2.21. The largest absolute Gasteiger partial charge is 0.673 e. The number of hydrogen-bond acceptors (Lipinski definition) is 0. The number of hydrogen-bond donors (Lipinski definition) is 0. The van der Waals surface area contributed by atoms with Gasteiger partial charge in [0.15, 0.2) is 0 Å². The molecule has 0 N–H and O–H groups in total. The Bertz CT molecular complexity index is 905. The average Bonchev–Trinajstić information content (AvgIpc) is 3.20. The Labute approximate surface area is 196 Å². The molecule has 3 aliphatic rings. The number of halogens is 4. The number of allylic oxidation sites excluding steroid dienone is 1. The molecule has 33 heavy (non-hydrogen) atoms. The van der Waals surface area contributed by atoms with E-state index in [0.29, 0.717) is 0 Å². The highest BCUT2D eigenvalue weighted by molar-refractivity contribution is 7.70. The third-order valence-electron chi connectivity index (χ3n) is 7.46. The predicted octanol–water partition coefficient (Wildman–Crippen LogP) is 9.29. The summed E-state index contributed by atoms with van der Waals surface area (Å²) < 4.78 is 39.0. The fourth-order valence-electron chi connectivity index (χ4n) is 6.14. The highest BCUT2D eigenvalue weighted by Gasteiger charge is 2.44. The lowest BCUT2D eigenvalue weighted by molar-refractivity contribution is 0.368.